The smallest absolute Gasteiger partial charge is 0.344 e. The lowest BCUT2D eigenvalue weighted by Gasteiger charge is -2.48. The number of phenolic OH excluding ortho intramolecular Hbond substituents is 1. The molecule has 0 bridgehead atoms. The molecule has 3 aliphatic carbocycles. The molecule has 4 atom stereocenters. The fourth-order valence-electron chi connectivity index (χ4n) is 5.43. The van der Waals surface area contributed by atoms with Gasteiger partial charge in [-0.15, -0.1) is 0 Å². The number of Topliss-reactive ketones (excluding diaryl/α,β-unsaturated/α-hetero) is 1. The number of carbonyl (C=O) groups is 2. The van der Waals surface area contributed by atoms with Crippen LogP contribution >= 0.6 is 0 Å². The van der Waals surface area contributed by atoms with E-state index < -0.39 is 12.6 Å². The van der Waals surface area contributed by atoms with Crippen LogP contribution in [-0.4, -0.2) is 34.3 Å². The van der Waals surface area contributed by atoms with Crippen LogP contribution < -0.4 is 0 Å². The van der Waals surface area contributed by atoms with E-state index in [1.807, 2.05) is 6.07 Å². The van der Waals surface area contributed by atoms with E-state index in [1.54, 1.807) is 12.1 Å². The first-order chi connectivity index (χ1) is 12.4. The van der Waals surface area contributed by atoms with Crippen molar-refractivity contribution in [2.75, 3.05) is 6.61 Å². The molecule has 0 aromatic heterocycles. The molecule has 4 rings (SSSR count). The average molecular weight is 357 g/mol. The van der Waals surface area contributed by atoms with Crippen molar-refractivity contribution in [1.82, 2.24) is 0 Å². The fourth-order valence-corrected chi connectivity index (χ4v) is 5.43. The van der Waals surface area contributed by atoms with Gasteiger partial charge in [0.05, 0.1) is 5.71 Å². The van der Waals surface area contributed by atoms with E-state index in [2.05, 4.69) is 12.1 Å². The van der Waals surface area contributed by atoms with E-state index in [9.17, 15) is 14.7 Å². The van der Waals surface area contributed by atoms with E-state index in [-0.39, 0.29) is 11.2 Å². The number of nitrogens with zero attached hydrogens (tertiary/aromatic N) is 1. The molecule has 26 heavy (non-hydrogen) atoms. The van der Waals surface area contributed by atoms with Crippen LogP contribution in [0.25, 0.3) is 0 Å². The van der Waals surface area contributed by atoms with E-state index in [0.29, 0.717) is 42.1 Å². The van der Waals surface area contributed by atoms with Crippen LogP contribution in [-0.2, 0) is 14.4 Å². The van der Waals surface area contributed by atoms with Crippen molar-refractivity contribution in [1.29, 1.82) is 0 Å². The molecule has 0 unspecified atom stereocenters. The highest BCUT2D eigenvalue weighted by Gasteiger charge is 2.55. The fraction of sp³-hybridized carbons (Fsp3) is 0.550. The Balaban J connectivity index is 1.73. The summed E-state index contributed by atoms with van der Waals surface area (Å²) in [4.78, 5) is 28.2. The molecular formula is C20H23NO5. The number of aliphatic carboxylic acids is 1. The minimum Gasteiger partial charge on any atom is -0.508 e. The molecule has 0 heterocycles. The molecule has 6 nitrogen and oxygen atoms in total. The van der Waals surface area contributed by atoms with Crippen LogP contribution in [0.1, 0.15) is 56.1 Å². The molecule has 0 amide bonds. The summed E-state index contributed by atoms with van der Waals surface area (Å²) >= 11 is 0. The minimum atomic E-state index is -1.08. The van der Waals surface area contributed by atoms with Gasteiger partial charge in [-0.1, -0.05) is 18.1 Å². The highest BCUT2D eigenvalue weighted by molar-refractivity contribution is 6.03. The molecule has 2 saturated carbocycles. The zero-order valence-corrected chi connectivity index (χ0v) is 14.8. The van der Waals surface area contributed by atoms with E-state index in [0.717, 1.165) is 30.4 Å². The maximum atomic E-state index is 12.5. The van der Waals surface area contributed by atoms with E-state index in [1.165, 1.54) is 0 Å². The maximum absolute atomic E-state index is 12.5. The number of rotatable bonds is 3. The summed E-state index contributed by atoms with van der Waals surface area (Å²) in [7, 11) is 0. The number of carbonyl (C=O) groups excluding carboxylic acids is 1. The molecule has 3 aliphatic rings. The lowest BCUT2D eigenvalue weighted by Crippen LogP contribution is -2.43. The molecule has 0 saturated heterocycles. The van der Waals surface area contributed by atoms with Gasteiger partial charge in [-0.05, 0) is 61.1 Å². The predicted octanol–water partition coefficient (Wildman–Crippen LogP) is 3.08. The first-order valence-electron chi connectivity index (χ1n) is 9.17. The van der Waals surface area contributed by atoms with Crippen LogP contribution in [0.3, 0.4) is 0 Å². The first-order valence-corrected chi connectivity index (χ1v) is 9.17. The minimum absolute atomic E-state index is 0.157. The van der Waals surface area contributed by atoms with Gasteiger partial charge >= 0.3 is 5.97 Å². The zero-order chi connectivity index (χ0) is 18.5. The maximum Gasteiger partial charge on any atom is 0.344 e. The number of benzene rings is 1. The number of ketones is 1. The van der Waals surface area contributed by atoms with Crippen LogP contribution in [0.15, 0.2) is 23.4 Å². The number of carboxylic acids is 1. The van der Waals surface area contributed by atoms with Crippen molar-refractivity contribution in [2.24, 2.45) is 22.4 Å². The SMILES string of the molecule is C[C@]12CC[C@@H]3c4ccc(O)cc4C(=NOCC(=O)O)C[C@H]3[C@@H]1CCC2=O. The Kier molecular flexibility index (Phi) is 4.01. The van der Waals surface area contributed by atoms with Crippen LogP contribution in [0.5, 0.6) is 5.75 Å². The van der Waals surface area contributed by atoms with Crippen molar-refractivity contribution < 1.29 is 24.6 Å². The lowest BCUT2D eigenvalue weighted by atomic mass is 9.55. The summed E-state index contributed by atoms with van der Waals surface area (Å²) in [6, 6.07) is 5.31. The normalized spacial score (nSPS) is 34.1. The average Bonchev–Trinajstić information content (AvgIpc) is 2.90. The molecule has 1 aromatic carbocycles. The van der Waals surface area contributed by atoms with Crippen molar-refractivity contribution in [3.8, 4) is 5.75 Å². The van der Waals surface area contributed by atoms with Gasteiger partial charge in [-0.25, -0.2) is 4.79 Å². The number of fused-ring (bicyclic) bond motifs is 5. The Morgan fingerprint density at radius 3 is 2.96 bits per heavy atom. The molecule has 6 heteroatoms. The summed E-state index contributed by atoms with van der Waals surface area (Å²) in [6.07, 6.45) is 4.06. The Hall–Kier alpha value is -2.37. The zero-order valence-electron chi connectivity index (χ0n) is 14.8. The number of oxime groups is 1. The standard InChI is InChI=1S/C20H23NO5/c1-20-7-6-13-12-3-2-11(22)8-15(12)17(21-26-10-19(24)25)9-14(13)16(20)4-5-18(20)23/h2-3,8,13-14,16,22H,4-7,9-10H2,1H3,(H,24,25)/t13-,14-,16+,20+/m1/s1. The highest BCUT2D eigenvalue weighted by atomic mass is 16.6. The molecule has 0 aliphatic heterocycles. The van der Waals surface area contributed by atoms with Crippen molar-refractivity contribution in [3.05, 3.63) is 29.3 Å². The molecule has 0 spiro atoms. The number of aromatic hydroxyl groups is 1. The van der Waals surface area contributed by atoms with Crippen LogP contribution in [0.4, 0.5) is 0 Å². The van der Waals surface area contributed by atoms with Crippen molar-refractivity contribution >= 4 is 17.5 Å². The molecular weight excluding hydrogens is 334 g/mol. The summed E-state index contributed by atoms with van der Waals surface area (Å²) < 4.78 is 0. The third kappa shape index (κ3) is 2.59. The van der Waals surface area contributed by atoms with Gasteiger partial charge in [0.25, 0.3) is 0 Å². The number of hydrogen-bond donors (Lipinski definition) is 2. The Morgan fingerprint density at radius 2 is 2.19 bits per heavy atom. The first kappa shape index (κ1) is 17.1. The summed E-state index contributed by atoms with van der Waals surface area (Å²) in [5, 5.41) is 22.8. The third-order valence-corrected chi connectivity index (χ3v) is 6.69. The van der Waals surface area contributed by atoms with Crippen molar-refractivity contribution in [3.63, 3.8) is 0 Å². The summed E-state index contributed by atoms with van der Waals surface area (Å²) in [5.74, 6) is 0.409. The van der Waals surface area contributed by atoms with Crippen molar-refractivity contribution in [2.45, 2.75) is 44.9 Å². The van der Waals surface area contributed by atoms with E-state index in [4.69, 9.17) is 9.94 Å². The van der Waals surface area contributed by atoms with Gasteiger partial charge in [0.1, 0.15) is 11.5 Å². The third-order valence-electron chi connectivity index (χ3n) is 6.69. The molecule has 0 radical (unpaired) electrons. The number of hydrogen-bond acceptors (Lipinski definition) is 5. The molecule has 2 N–H and O–H groups in total. The number of phenols is 1. The van der Waals surface area contributed by atoms with Gasteiger partial charge in [0.15, 0.2) is 0 Å². The molecule has 1 aromatic rings. The second kappa shape index (κ2) is 6.11. The Bertz CT molecular complexity index is 801. The van der Waals surface area contributed by atoms with Gasteiger partial charge in [-0.2, -0.15) is 0 Å². The van der Waals surface area contributed by atoms with Crippen LogP contribution in [0, 0.1) is 17.3 Å². The molecule has 2 fully saturated rings. The van der Waals surface area contributed by atoms with Gasteiger partial charge < -0.3 is 15.1 Å². The lowest BCUT2D eigenvalue weighted by molar-refractivity contribution is -0.142. The Morgan fingerprint density at radius 1 is 1.38 bits per heavy atom. The quantitative estimate of drug-likeness (QED) is 0.811. The monoisotopic (exact) mass is 357 g/mol. The van der Waals surface area contributed by atoms with Crippen LogP contribution in [0.2, 0.25) is 0 Å². The summed E-state index contributed by atoms with van der Waals surface area (Å²) in [6.45, 7) is 1.61. The second-order valence-electron chi connectivity index (χ2n) is 7.98. The van der Waals surface area contributed by atoms with Gasteiger partial charge in [-0.3, -0.25) is 4.79 Å². The topological polar surface area (TPSA) is 96.2 Å². The largest absolute Gasteiger partial charge is 0.508 e. The second-order valence-corrected chi connectivity index (χ2v) is 7.98. The highest BCUT2D eigenvalue weighted by Crippen LogP contribution is 2.59. The van der Waals surface area contributed by atoms with E-state index >= 15 is 0 Å². The molecule has 138 valence electrons. The Labute approximate surface area is 151 Å². The summed E-state index contributed by atoms with van der Waals surface area (Å²) in [5.41, 5.74) is 2.38. The predicted molar refractivity (Wildman–Crippen MR) is 94.2 cm³/mol. The van der Waals surface area contributed by atoms with Gasteiger partial charge in [0, 0.05) is 17.4 Å². The van der Waals surface area contributed by atoms with Gasteiger partial charge in [0.2, 0.25) is 6.61 Å². The number of carboxylic acid groups (broad SMARTS) is 1.